The molecule has 1 amide bonds. The number of aliphatic imine (C=N–C) groups is 1. The van der Waals surface area contributed by atoms with Gasteiger partial charge in [0.25, 0.3) is 12.1 Å². The molecule has 0 aromatic heterocycles. The molecule has 0 spiro atoms. The van der Waals surface area contributed by atoms with Crippen LogP contribution in [0.25, 0.3) is 0 Å². The van der Waals surface area contributed by atoms with Crippen LogP contribution >= 0.6 is 0 Å². The number of carbonyl (C=O) groups excluding carboxylic acids is 1. The number of nitrogens with zero attached hydrogens (tertiary/aromatic N) is 1. The van der Waals surface area contributed by atoms with Crippen molar-refractivity contribution in [1.29, 1.82) is 0 Å². The van der Waals surface area contributed by atoms with Crippen LogP contribution in [0.2, 0.25) is 0 Å². The average molecular weight is 533 g/mol. The van der Waals surface area contributed by atoms with Crippen molar-refractivity contribution in [2.24, 2.45) is 16.5 Å². The van der Waals surface area contributed by atoms with E-state index in [1.54, 1.807) is 36.4 Å². The molecule has 0 saturated heterocycles. The van der Waals surface area contributed by atoms with Gasteiger partial charge >= 0.3 is 0 Å². The van der Waals surface area contributed by atoms with E-state index in [9.17, 15) is 9.90 Å². The molecule has 1 heterocycles. The number of nitrogens with one attached hydrogen (secondary N) is 1. The normalized spacial score (nSPS) is 17.5. The summed E-state index contributed by atoms with van der Waals surface area (Å²) in [6, 6.07) is 16.0. The van der Waals surface area contributed by atoms with Gasteiger partial charge in [0.2, 0.25) is 0 Å². The van der Waals surface area contributed by atoms with Crippen molar-refractivity contribution in [3.05, 3.63) is 76.9 Å². The molecular weight excluding hydrogens is 496 g/mol. The summed E-state index contributed by atoms with van der Waals surface area (Å²) in [6.45, 7) is 8.44. The van der Waals surface area contributed by atoms with Gasteiger partial charge in [-0.2, -0.15) is 0 Å². The van der Waals surface area contributed by atoms with Crippen molar-refractivity contribution < 1.29 is 24.1 Å². The fraction of sp³-hybridized carbons (Fsp3) is 0.333. The lowest BCUT2D eigenvalue weighted by molar-refractivity contribution is -0.124. The van der Waals surface area contributed by atoms with Crippen LogP contribution in [0.1, 0.15) is 42.0 Å². The molecule has 3 aromatic carbocycles. The summed E-state index contributed by atoms with van der Waals surface area (Å²) in [5.41, 5.74) is 15.5. The minimum absolute atomic E-state index is 0.0138. The molecule has 0 radical (unpaired) electrons. The number of amides is 1. The van der Waals surface area contributed by atoms with Crippen molar-refractivity contribution in [3.8, 4) is 23.0 Å². The van der Waals surface area contributed by atoms with E-state index in [0.717, 1.165) is 40.8 Å². The van der Waals surface area contributed by atoms with E-state index < -0.39 is 12.1 Å². The van der Waals surface area contributed by atoms with E-state index in [2.05, 4.69) is 17.2 Å². The summed E-state index contributed by atoms with van der Waals surface area (Å²) < 4.78 is 18.0. The lowest BCUT2D eigenvalue weighted by Gasteiger charge is -2.38. The highest BCUT2D eigenvalue weighted by molar-refractivity contribution is 5.94. The fourth-order valence-corrected chi connectivity index (χ4v) is 4.57. The topological polar surface area (TPSA) is 141 Å². The van der Waals surface area contributed by atoms with E-state index in [0.29, 0.717) is 36.0 Å². The van der Waals surface area contributed by atoms with Crippen LogP contribution in [0.4, 0.5) is 5.69 Å². The number of hydrogen-bond donors (Lipinski definition) is 4. The number of fused-ring (bicyclic) bond motifs is 1. The zero-order chi connectivity index (χ0) is 28.2. The fourth-order valence-electron chi connectivity index (χ4n) is 4.57. The Morgan fingerprint density at radius 2 is 1.74 bits per heavy atom. The van der Waals surface area contributed by atoms with Gasteiger partial charge in [0, 0.05) is 17.7 Å². The Balaban J connectivity index is 1.31. The van der Waals surface area contributed by atoms with Gasteiger partial charge in [0.05, 0.1) is 6.61 Å². The molecule has 206 valence electrons. The van der Waals surface area contributed by atoms with Gasteiger partial charge in [-0.1, -0.05) is 18.2 Å². The number of phenolic OH excluding ortho intramolecular Hbond substituents is 1. The van der Waals surface area contributed by atoms with Crippen molar-refractivity contribution in [3.63, 3.8) is 0 Å². The number of primary amides is 1. The molecular formula is C30H36N4O5. The lowest BCUT2D eigenvalue weighted by Crippen LogP contribution is -2.38. The minimum atomic E-state index is -1.26. The number of anilines is 1. The van der Waals surface area contributed by atoms with E-state index in [4.69, 9.17) is 25.7 Å². The third-order valence-corrected chi connectivity index (χ3v) is 7.11. The second kappa shape index (κ2) is 11.6. The van der Waals surface area contributed by atoms with Crippen LogP contribution in [0.5, 0.6) is 23.0 Å². The SMILES string of the molecule is Cc1c(C)c2c(c(C)c1O)CCC(C)(CCOc1ccc(NC(N)=NC(Oc3ccccc3)C(N)=O)cc1)O2. The number of nitrogens with two attached hydrogens (primary N) is 2. The van der Waals surface area contributed by atoms with E-state index in [1.807, 2.05) is 39.0 Å². The molecule has 1 aliphatic heterocycles. The molecule has 2 unspecified atom stereocenters. The Bertz CT molecular complexity index is 1360. The highest BCUT2D eigenvalue weighted by atomic mass is 16.5. The van der Waals surface area contributed by atoms with E-state index >= 15 is 0 Å². The van der Waals surface area contributed by atoms with Crippen LogP contribution in [0, 0.1) is 20.8 Å². The van der Waals surface area contributed by atoms with Crippen LogP contribution < -0.4 is 31.0 Å². The average Bonchev–Trinajstić information content (AvgIpc) is 2.91. The third kappa shape index (κ3) is 6.54. The molecule has 3 aromatic rings. The highest BCUT2D eigenvalue weighted by Crippen LogP contribution is 2.44. The van der Waals surface area contributed by atoms with Gasteiger partial charge < -0.3 is 36.1 Å². The molecule has 9 nitrogen and oxygen atoms in total. The predicted molar refractivity (Wildman–Crippen MR) is 152 cm³/mol. The van der Waals surface area contributed by atoms with Crippen LogP contribution in [-0.4, -0.2) is 35.4 Å². The molecule has 39 heavy (non-hydrogen) atoms. The van der Waals surface area contributed by atoms with Gasteiger partial charge in [0.15, 0.2) is 5.96 Å². The summed E-state index contributed by atoms with van der Waals surface area (Å²) in [6.07, 6.45) is 1.14. The number of benzene rings is 3. The monoisotopic (exact) mass is 532 g/mol. The maximum absolute atomic E-state index is 11.8. The van der Waals surface area contributed by atoms with Gasteiger partial charge in [0.1, 0.15) is 28.6 Å². The van der Waals surface area contributed by atoms with Gasteiger partial charge in [-0.3, -0.25) is 4.79 Å². The number of ether oxygens (including phenoxy) is 3. The summed E-state index contributed by atoms with van der Waals surface area (Å²) in [7, 11) is 0. The zero-order valence-corrected chi connectivity index (χ0v) is 22.8. The molecule has 4 rings (SSSR count). The van der Waals surface area contributed by atoms with Crippen molar-refractivity contribution in [2.75, 3.05) is 11.9 Å². The van der Waals surface area contributed by atoms with Crippen LogP contribution in [0.15, 0.2) is 59.6 Å². The Morgan fingerprint density at radius 1 is 1.05 bits per heavy atom. The second-order valence-electron chi connectivity index (χ2n) is 10.0. The predicted octanol–water partition coefficient (Wildman–Crippen LogP) is 4.49. The first-order valence-electron chi connectivity index (χ1n) is 12.9. The quantitative estimate of drug-likeness (QED) is 0.235. The number of guanidine groups is 1. The molecule has 0 saturated carbocycles. The Hall–Kier alpha value is -4.40. The van der Waals surface area contributed by atoms with Gasteiger partial charge in [-0.15, -0.1) is 0 Å². The van der Waals surface area contributed by atoms with Crippen molar-refractivity contribution in [1.82, 2.24) is 0 Å². The van der Waals surface area contributed by atoms with E-state index in [1.165, 1.54) is 0 Å². The number of aromatic hydroxyl groups is 1. The van der Waals surface area contributed by atoms with Crippen molar-refractivity contribution >= 4 is 17.6 Å². The number of rotatable bonds is 9. The molecule has 0 aliphatic carbocycles. The highest BCUT2D eigenvalue weighted by Gasteiger charge is 2.34. The summed E-state index contributed by atoms with van der Waals surface area (Å²) in [5.74, 6) is 1.63. The van der Waals surface area contributed by atoms with Gasteiger partial charge in [-0.25, -0.2) is 4.99 Å². The minimum Gasteiger partial charge on any atom is -0.507 e. The number of para-hydroxylation sites is 1. The molecule has 2 atom stereocenters. The summed E-state index contributed by atoms with van der Waals surface area (Å²) in [5, 5.41) is 13.3. The second-order valence-corrected chi connectivity index (χ2v) is 10.0. The maximum Gasteiger partial charge on any atom is 0.282 e. The van der Waals surface area contributed by atoms with Gasteiger partial charge in [-0.05, 0) is 93.6 Å². The first-order valence-corrected chi connectivity index (χ1v) is 12.9. The zero-order valence-electron chi connectivity index (χ0n) is 22.8. The molecule has 9 heteroatoms. The molecule has 0 fully saturated rings. The third-order valence-electron chi connectivity index (χ3n) is 7.11. The molecule has 0 bridgehead atoms. The van der Waals surface area contributed by atoms with Crippen LogP contribution in [-0.2, 0) is 11.2 Å². The largest absolute Gasteiger partial charge is 0.507 e. The Morgan fingerprint density at radius 3 is 2.41 bits per heavy atom. The molecule has 6 N–H and O–H groups in total. The lowest BCUT2D eigenvalue weighted by atomic mass is 9.86. The Labute approximate surface area is 228 Å². The molecule has 1 aliphatic rings. The Kier molecular flexibility index (Phi) is 8.18. The van der Waals surface area contributed by atoms with Crippen LogP contribution in [0.3, 0.4) is 0 Å². The summed E-state index contributed by atoms with van der Waals surface area (Å²) in [4.78, 5) is 15.8. The number of hydrogen-bond acceptors (Lipinski definition) is 6. The number of carbonyl (C=O) groups is 1. The first-order chi connectivity index (χ1) is 18.6. The standard InChI is InChI=1S/C30H36N4O5/c1-18-19(2)26-24(20(3)25(18)35)14-15-30(4,39-26)16-17-37-22-12-10-21(11-13-22)33-29(32)34-28(27(31)36)38-23-8-6-5-7-9-23/h5-13,28,35H,14-17H2,1-4H3,(H2,31,36)(H3,32,33,34). The number of phenols is 1. The first kappa shape index (κ1) is 27.6. The van der Waals surface area contributed by atoms with Crippen molar-refractivity contribution in [2.45, 2.75) is 58.8 Å². The summed E-state index contributed by atoms with van der Waals surface area (Å²) >= 11 is 0. The smallest absolute Gasteiger partial charge is 0.282 e. The van der Waals surface area contributed by atoms with E-state index in [-0.39, 0.29) is 11.6 Å². The maximum atomic E-state index is 11.8.